The molecule has 1 unspecified atom stereocenters. The van der Waals surface area contributed by atoms with E-state index in [4.69, 9.17) is 23.2 Å². The maximum atomic E-state index is 12.8. The van der Waals surface area contributed by atoms with Gasteiger partial charge in [0.1, 0.15) is 5.82 Å². The lowest BCUT2D eigenvalue weighted by Gasteiger charge is -2.11. The Morgan fingerprint density at radius 3 is 2.24 bits per heavy atom. The van der Waals surface area contributed by atoms with Gasteiger partial charge in [-0.05, 0) is 41.5 Å². The van der Waals surface area contributed by atoms with Crippen LogP contribution in [0.4, 0.5) is 4.39 Å². The van der Waals surface area contributed by atoms with Gasteiger partial charge in [0.2, 0.25) is 0 Å². The van der Waals surface area contributed by atoms with Crippen LogP contribution in [0.15, 0.2) is 46.9 Å². The first-order valence-electron chi connectivity index (χ1n) is 4.92. The van der Waals surface area contributed by atoms with Crippen LogP contribution >= 0.6 is 39.1 Å². The summed E-state index contributed by atoms with van der Waals surface area (Å²) >= 11 is 15.6. The fourth-order valence-electron chi connectivity index (χ4n) is 1.55. The van der Waals surface area contributed by atoms with Gasteiger partial charge in [0.15, 0.2) is 0 Å². The van der Waals surface area contributed by atoms with Crippen molar-refractivity contribution in [3.63, 3.8) is 0 Å². The van der Waals surface area contributed by atoms with Crippen LogP contribution in [0.5, 0.6) is 0 Å². The highest BCUT2D eigenvalue weighted by atomic mass is 79.9. The maximum absolute atomic E-state index is 12.8. The second-order valence-electron chi connectivity index (χ2n) is 3.62. The highest BCUT2D eigenvalue weighted by Crippen LogP contribution is 2.32. The predicted octanol–water partition coefficient (Wildman–Crippen LogP) is 5.57. The quantitative estimate of drug-likeness (QED) is 0.630. The lowest BCUT2D eigenvalue weighted by molar-refractivity contribution is 0.627. The molecular weight excluding hydrogens is 326 g/mol. The van der Waals surface area contributed by atoms with Crippen molar-refractivity contribution < 1.29 is 4.39 Å². The SMILES string of the molecule is Fc1ccc(C(Cl)c2cc(Cl)cc(Br)c2)cc1. The molecule has 0 saturated carbocycles. The van der Waals surface area contributed by atoms with Gasteiger partial charge in [-0.2, -0.15) is 0 Å². The molecule has 0 amide bonds. The minimum atomic E-state index is -0.342. The van der Waals surface area contributed by atoms with Crippen LogP contribution in [0.3, 0.4) is 0 Å². The number of benzene rings is 2. The first-order chi connectivity index (χ1) is 8.06. The first kappa shape index (κ1) is 12.9. The van der Waals surface area contributed by atoms with Crippen molar-refractivity contribution in [2.24, 2.45) is 0 Å². The van der Waals surface area contributed by atoms with Gasteiger partial charge in [0.25, 0.3) is 0 Å². The van der Waals surface area contributed by atoms with E-state index in [1.54, 1.807) is 24.3 Å². The van der Waals surface area contributed by atoms with E-state index < -0.39 is 0 Å². The summed E-state index contributed by atoms with van der Waals surface area (Å²) in [6, 6.07) is 11.6. The monoisotopic (exact) mass is 332 g/mol. The number of hydrogen-bond donors (Lipinski definition) is 0. The van der Waals surface area contributed by atoms with Crippen molar-refractivity contribution in [3.05, 3.63) is 68.9 Å². The van der Waals surface area contributed by atoms with E-state index in [1.165, 1.54) is 12.1 Å². The Balaban J connectivity index is 2.36. The average Bonchev–Trinajstić information content (AvgIpc) is 2.28. The van der Waals surface area contributed by atoms with E-state index in [0.717, 1.165) is 15.6 Å². The third kappa shape index (κ3) is 3.21. The summed E-state index contributed by atoms with van der Waals surface area (Å²) in [5.74, 6) is -0.273. The Hall–Kier alpha value is -0.570. The molecule has 0 aliphatic rings. The summed E-state index contributed by atoms with van der Waals surface area (Å²) in [5.41, 5.74) is 1.71. The van der Waals surface area contributed by atoms with Crippen LogP contribution in [0.25, 0.3) is 0 Å². The molecule has 1 atom stereocenters. The van der Waals surface area contributed by atoms with Crippen LogP contribution in [-0.2, 0) is 0 Å². The van der Waals surface area contributed by atoms with Crippen molar-refractivity contribution >= 4 is 39.1 Å². The number of alkyl halides is 1. The molecule has 0 spiro atoms. The lowest BCUT2D eigenvalue weighted by atomic mass is 10.0. The van der Waals surface area contributed by atoms with E-state index in [2.05, 4.69) is 15.9 Å². The van der Waals surface area contributed by atoms with Gasteiger partial charge in [-0.1, -0.05) is 39.7 Å². The van der Waals surface area contributed by atoms with Gasteiger partial charge in [0.05, 0.1) is 5.38 Å². The van der Waals surface area contributed by atoms with E-state index in [0.29, 0.717) is 5.02 Å². The Bertz CT molecular complexity index is 505. The third-order valence-electron chi connectivity index (χ3n) is 2.34. The maximum Gasteiger partial charge on any atom is 0.123 e. The molecule has 0 bridgehead atoms. The molecule has 0 nitrogen and oxygen atoms in total. The van der Waals surface area contributed by atoms with Crippen LogP contribution in [0.1, 0.15) is 16.5 Å². The van der Waals surface area contributed by atoms with Gasteiger partial charge in [0, 0.05) is 9.50 Å². The molecule has 0 radical (unpaired) electrons. The van der Waals surface area contributed by atoms with Crippen molar-refractivity contribution in [2.75, 3.05) is 0 Å². The summed E-state index contributed by atoms with van der Waals surface area (Å²) in [4.78, 5) is 0. The normalized spacial score (nSPS) is 12.5. The standard InChI is InChI=1S/C13H8BrCl2F/c14-10-5-9(6-11(15)7-10)13(16)8-1-3-12(17)4-2-8/h1-7,13H. The highest BCUT2D eigenvalue weighted by molar-refractivity contribution is 9.10. The van der Waals surface area contributed by atoms with E-state index >= 15 is 0 Å². The van der Waals surface area contributed by atoms with E-state index in [9.17, 15) is 4.39 Å². The molecule has 0 heterocycles. The van der Waals surface area contributed by atoms with Gasteiger partial charge in [-0.25, -0.2) is 4.39 Å². The van der Waals surface area contributed by atoms with Crippen LogP contribution in [0, 0.1) is 5.82 Å². The van der Waals surface area contributed by atoms with Gasteiger partial charge >= 0.3 is 0 Å². The summed E-state index contributed by atoms with van der Waals surface area (Å²) < 4.78 is 13.7. The van der Waals surface area contributed by atoms with E-state index in [-0.39, 0.29) is 11.2 Å². The van der Waals surface area contributed by atoms with Crippen molar-refractivity contribution in [1.29, 1.82) is 0 Å². The van der Waals surface area contributed by atoms with Gasteiger partial charge < -0.3 is 0 Å². The molecule has 17 heavy (non-hydrogen) atoms. The van der Waals surface area contributed by atoms with Crippen molar-refractivity contribution in [1.82, 2.24) is 0 Å². The summed E-state index contributed by atoms with van der Waals surface area (Å²) in [7, 11) is 0. The topological polar surface area (TPSA) is 0 Å². The smallest absolute Gasteiger partial charge is 0.123 e. The number of rotatable bonds is 2. The Kier molecular flexibility index (Phi) is 4.08. The molecule has 0 aliphatic carbocycles. The minimum Gasteiger partial charge on any atom is -0.207 e. The molecular formula is C13H8BrCl2F. The predicted molar refractivity (Wildman–Crippen MR) is 73.2 cm³/mol. The molecule has 0 aromatic heterocycles. The van der Waals surface area contributed by atoms with Crippen LogP contribution in [-0.4, -0.2) is 0 Å². The zero-order valence-electron chi connectivity index (χ0n) is 8.63. The minimum absolute atomic E-state index is 0.273. The molecule has 2 aromatic rings. The molecule has 0 N–H and O–H groups in total. The summed E-state index contributed by atoms with van der Waals surface area (Å²) in [6.45, 7) is 0. The van der Waals surface area contributed by atoms with E-state index in [1.807, 2.05) is 6.07 Å². The molecule has 0 saturated heterocycles. The Labute approximate surface area is 117 Å². The Morgan fingerprint density at radius 1 is 1.00 bits per heavy atom. The van der Waals surface area contributed by atoms with Crippen molar-refractivity contribution in [2.45, 2.75) is 5.38 Å². The largest absolute Gasteiger partial charge is 0.207 e. The average molecular weight is 334 g/mol. The molecule has 2 rings (SSSR count). The highest BCUT2D eigenvalue weighted by Gasteiger charge is 2.12. The first-order valence-corrected chi connectivity index (χ1v) is 6.52. The Morgan fingerprint density at radius 2 is 1.65 bits per heavy atom. The summed E-state index contributed by atoms with van der Waals surface area (Å²) in [6.07, 6.45) is 0. The lowest BCUT2D eigenvalue weighted by Crippen LogP contribution is -1.93. The zero-order chi connectivity index (χ0) is 12.4. The molecule has 4 heteroatoms. The zero-order valence-corrected chi connectivity index (χ0v) is 11.7. The van der Waals surface area contributed by atoms with Crippen LogP contribution in [0.2, 0.25) is 5.02 Å². The molecule has 0 aliphatic heterocycles. The second-order valence-corrected chi connectivity index (χ2v) is 5.41. The van der Waals surface area contributed by atoms with Crippen molar-refractivity contribution in [3.8, 4) is 0 Å². The number of halogens is 4. The fraction of sp³-hybridized carbons (Fsp3) is 0.0769. The van der Waals surface area contributed by atoms with Crippen LogP contribution < -0.4 is 0 Å². The number of hydrogen-bond acceptors (Lipinski definition) is 0. The van der Waals surface area contributed by atoms with Gasteiger partial charge in [-0.15, -0.1) is 11.6 Å². The van der Waals surface area contributed by atoms with Gasteiger partial charge in [-0.3, -0.25) is 0 Å². The molecule has 0 fully saturated rings. The fourth-order valence-corrected chi connectivity index (χ4v) is 2.70. The second kappa shape index (κ2) is 5.38. The summed E-state index contributed by atoms with van der Waals surface area (Å²) in [5, 5.41) is 0.271. The third-order valence-corrected chi connectivity index (χ3v) is 3.52. The molecule has 88 valence electrons. The molecule has 2 aromatic carbocycles.